The highest BCUT2D eigenvalue weighted by atomic mass is 16.5. The first kappa shape index (κ1) is 17.5. The molecule has 0 aliphatic carbocycles. The van der Waals surface area contributed by atoms with E-state index < -0.39 is 0 Å². The summed E-state index contributed by atoms with van der Waals surface area (Å²) in [5.74, 6) is 0.711. The Morgan fingerprint density at radius 1 is 1.15 bits per heavy atom. The third-order valence-electron chi connectivity index (χ3n) is 4.78. The minimum Gasteiger partial charge on any atom is -0.492 e. The Kier molecular flexibility index (Phi) is 3.94. The van der Waals surface area contributed by atoms with E-state index in [9.17, 15) is 9.59 Å². The number of nitrogens with zero attached hydrogens (tertiary/aromatic N) is 3. The summed E-state index contributed by atoms with van der Waals surface area (Å²) in [5.41, 5.74) is 3.53. The van der Waals surface area contributed by atoms with Gasteiger partial charge in [0.1, 0.15) is 5.75 Å². The predicted molar refractivity (Wildman–Crippen MR) is 104 cm³/mol. The van der Waals surface area contributed by atoms with E-state index in [4.69, 9.17) is 9.72 Å². The van der Waals surface area contributed by atoms with E-state index in [0.717, 1.165) is 16.8 Å². The van der Waals surface area contributed by atoms with Crippen LogP contribution in [0.25, 0.3) is 22.4 Å². The van der Waals surface area contributed by atoms with Gasteiger partial charge in [0.25, 0.3) is 0 Å². The average Bonchev–Trinajstić information content (AvgIpc) is 2.85. The third kappa shape index (κ3) is 3.05. The Morgan fingerprint density at radius 3 is 2.67 bits per heavy atom. The van der Waals surface area contributed by atoms with Crippen molar-refractivity contribution in [1.29, 1.82) is 0 Å². The number of imidazole rings is 1. The van der Waals surface area contributed by atoms with Crippen LogP contribution in [0.1, 0.15) is 37.6 Å². The minimum atomic E-state index is -0.0707. The predicted octanol–water partition coefficient (Wildman–Crippen LogP) is 3.41. The molecule has 0 unspecified atom stereocenters. The molecule has 0 N–H and O–H groups in total. The minimum absolute atomic E-state index is 0.0182. The van der Waals surface area contributed by atoms with Gasteiger partial charge < -0.3 is 4.74 Å². The lowest BCUT2D eigenvalue weighted by molar-refractivity contribution is 0.0933. The maximum absolute atomic E-state index is 12.7. The van der Waals surface area contributed by atoms with Crippen LogP contribution >= 0.6 is 0 Å². The number of carbonyl (C=O) groups excluding carboxylic acids is 1. The maximum Gasteiger partial charge on any atom is 0.330 e. The number of ether oxygens (including phenoxy) is 1. The van der Waals surface area contributed by atoms with Crippen molar-refractivity contribution in [1.82, 2.24) is 14.1 Å². The highest BCUT2D eigenvalue weighted by molar-refractivity contribution is 6.00. The van der Waals surface area contributed by atoms with E-state index >= 15 is 0 Å². The number of ketones is 1. The molecule has 3 aromatic rings. The van der Waals surface area contributed by atoms with Crippen LogP contribution in [-0.4, -0.2) is 26.5 Å². The van der Waals surface area contributed by atoms with E-state index in [2.05, 4.69) is 20.8 Å². The molecular weight excluding hydrogens is 342 g/mol. The number of hydrogen-bond donors (Lipinski definition) is 0. The SMILES string of the molecule is Cn1c(=O)n(CC(C)(C)C)c2ccc(-c3ccc4c(c3)C(=O)CCO4)nc21. The maximum atomic E-state index is 12.7. The molecular formula is C21H23N3O3. The lowest BCUT2D eigenvalue weighted by Gasteiger charge is -2.18. The van der Waals surface area contributed by atoms with Crippen LogP contribution in [0.2, 0.25) is 0 Å². The molecule has 1 aliphatic rings. The van der Waals surface area contributed by atoms with Gasteiger partial charge in [-0.2, -0.15) is 0 Å². The van der Waals surface area contributed by atoms with Gasteiger partial charge in [0.2, 0.25) is 0 Å². The molecule has 6 nitrogen and oxygen atoms in total. The molecule has 0 bridgehead atoms. The first-order valence-corrected chi connectivity index (χ1v) is 9.11. The lowest BCUT2D eigenvalue weighted by atomic mass is 9.97. The molecule has 1 aliphatic heterocycles. The molecule has 0 saturated carbocycles. The second kappa shape index (κ2) is 6.08. The van der Waals surface area contributed by atoms with Crippen molar-refractivity contribution in [3.05, 3.63) is 46.4 Å². The molecule has 0 fully saturated rings. The van der Waals surface area contributed by atoms with E-state index in [-0.39, 0.29) is 16.9 Å². The van der Waals surface area contributed by atoms with Crippen molar-refractivity contribution in [3.8, 4) is 17.0 Å². The second-order valence-corrected chi connectivity index (χ2v) is 8.26. The molecule has 27 heavy (non-hydrogen) atoms. The van der Waals surface area contributed by atoms with E-state index in [1.165, 1.54) is 0 Å². The van der Waals surface area contributed by atoms with E-state index in [0.29, 0.717) is 36.5 Å². The standard InChI is InChI=1S/C21H23N3O3/c1-21(2,3)12-24-16-7-6-15(22-19(16)23(4)20(24)26)13-5-8-18-14(11-13)17(25)9-10-27-18/h5-8,11H,9-10,12H2,1-4H3. The smallest absolute Gasteiger partial charge is 0.330 e. The summed E-state index contributed by atoms with van der Waals surface area (Å²) in [6, 6.07) is 9.38. The quantitative estimate of drug-likeness (QED) is 0.698. The number of carbonyl (C=O) groups is 1. The number of benzene rings is 1. The number of fused-ring (bicyclic) bond motifs is 2. The molecule has 0 spiro atoms. The molecule has 3 heterocycles. The molecule has 6 heteroatoms. The Morgan fingerprint density at radius 2 is 1.93 bits per heavy atom. The number of pyridine rings is 1. The third-order valence-corrected chi connectivity index (χ3v) is 4.78. The van der Waals surface area contributed by atoms with Gasteiger partial charge in [0.05, 0.1) is 23.4 Å². The van der Waals surface area contributed by atoms with Gasteiger partial charge in [-0.1, -0.05) is 20.8 Å². The highest BCUT2D eigenvalue weighted by Crippen LogP contribution is 2.30. The molecule has 140 valence electrons. The summed E-state index contributed by atoms with van der Waals surface area (Å²) < 4.78 is 8.90. The summed E-state index contributed by atoms with van der Waals surface area (Å²) in [4.78, 5) is 29.6. The van der Waals surface area contributed by atoms with Gasteiger partial charge in [-0.05, 0) is 35.7 Å². The monoisotopic (exact) mass is 365 g/mol. The largest absolute Gasteiger partial charge is 0.492 e. The molecule has 1 aromatic carbocycles. The van der Waals surface area contributed by atoms with Gasteiger partial charge in [-0.3, -0.25) is 13.9 Å². The summed E-state index contributed by atoms with van der Waals surface area (Å²) in [6.07, 6.45) is 0.396. The van der Waals surface area contributed by atoms with Crippen molar-refractivity contribution in [2.45, 2.75) is 33.7 Å². The van der Waals surface area contributed by atoms with Crippen LogP contribution in [0.3, 0.4) is 0 Å². The number of Topliss-reactive ketones (excluding diaryl/α,β-unsaturated/α-hetero) is 1. The molecule has 4 rings (SSSR count). The van der Waals surface area contributed by atoms with Gasteiger partial charge in [-0.15, -0.1) is 0 Å². The van der Waals surface area contributed by atoms with Gasteiger partial charge in [0, 0.05) is 25.6 Å². The first-order chi connectivity index (χ1) is 12.7. The zero-order valence-electron chi connectivity index (χ0n) is 16.1. The first-order valence-electron chi connectivity index (χ1n) is 9.11. The van der Waals surface area contributed by atoms with Crippen molar-refractivity contribution < 1.29 is 9.53 Å². The van der Waals surface area contributed by atoms with Crippen molar-refractivity contribution in [2.24, 2.45) is 12.5 Å². The van der Waals surface area contributed by atoms with Crippen LogP contribution in [0.15, 0.2) is 35.1 Å². The molecule has 0 radical (unpaired) electrons. The summed E-state index contributed by atoms with van der Waals surface area (Å²) in [5, 5.41) is 0. The molecule has 2 aromatic heterocycles. The number of rotatable bonds is 2. The fourth-order valence-electron chi connectivity index (χ4n) is 3.48. The van der Waals surface area contributed by atoms with Gasteiger partial charge in [0.15, 0.2) is 11.4 Å². The summed E-state index contributed by atoms with van der Waals surface area (Å²) in [7, 11) is 1.74. The fraction of sp³-hybridized carbons (Fsp3) is 0.381. The van der Waals surface area contributed by atoms with E-state index in [1.54, 1.807) is 16.2 Å². The van der Waals surface area contributed by atoms with Crippen molar-refractivity contribution in [2.75, 3.05) is 6.61 Å². The fourth-order valence-corrected chi connectivity index (χ4v) is 3.48. The van der Waals surface area contributed by atoms with Crippen molar-refractivity contribution in [3.63, 3.8) is 0 Å². The number of aryl methyl sites for hydroxylation is 1. The Labute approximate surface area is 157 Å². The van der Waals surface area contributed by atoms with Crippen molar-refractivity contribution >= 4 is 16.9 Å². The Hall–Kier alpha value is -2.89. The molecule has 0 saturated heterocycles. The summed E-state index contributed by atoms with van der Waals surface area (Å²) >= 11 is 0. The van der Waals surface area contributed by atoms with Gasteiger partial charge in [-0.25, -0.2) is 9.78 Å². The second-order valence-electron chi connectivity index (χ2n) is 8.26. The van der Waals surface area contributed by atoms with E-state index in [1.807, 2.05) is 30.3 Å². The lowest BCUT2D eigenvalue weighted by Crippen LogP contribution is -2.27. The number of aromatic nitrogens is 3. The zero-order chi connectivity index (χ0) is 19.3. The van der Waals surface area contributed by atoms with Crippen LogP contribution in [-0.2, 0) is 13.6 Å². The molecule has 0 atom stereocenters. The topological polar surface area (TPSA) is 66.1 Å². The average molecular weight is 365 g/mol. The van der Waals surface area contributed by atoms with Crippen LogP contribution in [0.5, 0.6) is 5.75 Å². The Balaban J connectivity index is 1.83. The molecule has 0 amide bonds. The van der Waals surface area contributed by atoms with Crippen LogP contribution in [0.4, 0.5) is 0 Å². The number of hydrogen-bond acceptors (Lipinski definition) is 4. The zero-order valence-corrected chi connectivity index (χ0v) is 16.1. The van der Waals surface area contributed by atoms with Crippen LogP contribution in [0, 0.1) is 5.41 Å². The normalized spacial score (nSPS) is 14.3. The van der Waals surface area contributed by atoms with Gasteiger partial charge >= 0.3 is 5.69 Å². The Bertz CT molecular complexity index is 1120. The van der Waals surface area contributed by atoms with Crippen LogP contribution < -0.4 is 10.4 Å². The summed E-state index contributed by atoms with van der Waals surface area (Å²) in [6.45, 7) is 7.36. The highest BCUT2D eigenvalue weighted by Gasteiger charge is 2.21.